The Morgan fingerprint density at radius 3 is 2.86 bits per heavy atom. The maximum absolute atomic E-state index is 12.0. The number of nitrogens with one attached hydrogen (secondary N) is 1. The predicted octanol–water partition coefficient (Wildman–Crippen LogP) is 1.19. The van der Waals surface area contributed by atoms with Crippen LogP contribution in [0.15, 0.2) is 24.5 Å². The number of aryl methyl sites for hydroxylation is 1. The van der Waals surface area contributed by atoms with Crippen molar-refractivity contribution in [2.45, 2.75) is 20.0 Å². The molecule has 0 saturated heterocycles. The van der Waals surface area contributed by atoms with Crippen LogP contribution >= 0.6 is 0 Å². The second-order valence-electron chi connectivity index (χ2n) is 4.89. The fraction of sp³-hybridized carbons (Fsp3) is 0.357. The maximum Gasteiger partial charge on any atom is 0.253 e. The Balaban J connectivity index is 2.16. The van der Waals surface area contributed by atoms with Crippen LogP contribution in [0.1, 0.15) is 23.1 Å². The van der Waals surface area contributed by atoms with Gasteiger partial charge in [0.1, 0.15) is 6.33 Å². The standard InChI is InChI=1S/C14H20N6O/c1-4-20-9-17-18-13(20)8-16-12-7-10(5-6-11(12)15)14(21)19(2)3/h5-7,9,16H,4,8,15H2,1-3H3. The molecule has 3 N–H and O–H groups in total. The van der Waals surface area contributed by atoms with Crippen LogP contribution in [-0.2, 0) is 13.1 Å². The van der Waals surface area contributed by atoms with Crippen LogP contribution in [0.25, 0.3) is 0 Å². The molecule has 7 nitrogen and oxygen atoms in total. The molecule has 112 valence electrons. The van der Waals surface area contributed by atoms with Crippen LogP contribution in [0, 0.1) is 0 Å². The molecule has 0 saturated carbocycles. The molecule has 0 aliphatic rings. The highest BCUT2D eigenvalue weighted by atomic mass is 16.2. The number of hydrogen-bond acceptors (Lipinski definition) is 5. The molecule has 1 aromatic carbocycles. The average molecular weight is 288 g/mol. The minimum absolute atomic E-state index is 0.0604. The number of nitrogens with two attached hydrogens (primary N) is 1. The number of amides is 1. The van der Waals surface area contributed by atoms with E-state index in [0.717, 1.165) is 12.4 Å². The zero-order valence-electron chi connectivity index (χ0n) is 12.5. The third-order valence-corrected chi connectivity index (χ3v) is 3.18. The van der Waals surface area contributed by atoms with Gasteiger partial charge in [-0.25, -0.2) is 0 Å². The SMILES string of the molecule is CCn1cnnc1CNc1cc(C(=O)N(C)C)ccc1N. The van der Waals surface area contributed by atoms with E-state index < -0.39 is 0 Å². The van der Waals surface area contributed by atoms with Gasteiger partial charge in [-0.3, -0.25) is 4.79 Å². The van der Waals surface area contributed by atoms with Gasteiger partial charge in [0.25, 0.3) is 5.91 Å². The number of nitrogen functional groups attached to an aromatic ring is 1. The largest absolute Gasteiger partial charge is 0.397 e. The van der Waals surface area contributed by atoms with Gasteiger partial charge in [-0.05, 0) is 25.1 Å². The first-order valence-electron chi connectivity index (χ1n) is 6.74. The number of nitrogens with zero attached hydrogens (tertiary/aromatic N) is 4. The summed E-state index contributed by atoms with van der Waals surface area (Å²) in [5, 5.41) is 11.1. The first kappa shape index (κ1) is 14.8. The third-order valence-electron chi connectivity index (χ3n) is 3.18. The highest BCUT2D eigenvalue weighted by molar-refractivity contribution is 5.95. The molecule has 0 bridgehead atoms. The Morgan fingerprint density at radius 1 is 1.43 bits per heavy atom. The minimum Gasteiger partial charge on any atom is -0.397 e. The summed E-state index contributed by atoms with van der Waals surface area (Å²) in [5.74, 6) is 0.760. The number of carbonyl (C=O) groups is 1. The summed E-state index contributed by atoms with van der Waals surface area (Å²) in [6.07, 6.45) is 1.69. The Labute approximate surface area is 123 Å². The highest BCUT2D eigenvalue weighted by Crippen LogP contribution is 2.21. The summed E-state index contributed by atoms with van der Waals surface area (Å²) in [6.45, 7) is 3.33. The van der Waals surface area contributed by atoms with Crippen molar-refractivity contribution >= 4 is 17.3 Å². The molecule has 2 aromatic rings. The zero-order chi connectivity index (χ0) is 15.4. The van der Waals surface area contributed by atoms with E-state index >= 15 is 0 Å². The van der Waals surface area contributed by atoms with Gasteiger partial charge in [0.15, 0.2) is 5.82 Å². The fourth-order valence-corrected chi connectivity index (χ4v) is 1.95. The zero-order valence-corrected chi connectivity index (χ0v) is 12.5. The van der Waals surface area contributed by atoms with Gasteiger partial charge in [-0.1, -0.05) is 0 Å². The molecule has 1 aromatic heterocycles. The normalized spacial score (nSPS) is 10.4. The molecule has 1 heterocycles. The molecule has 2 rings (SSSR count). The van der Waals surface area contributed by atoms with Crippen molar-refractivity contribution in [1.82, 2.24) is 19.7 Å². The first-order valence-corrected chi connectivity index (χ1v) is 6.74. The van der Waals surface area contributed by atoms with Crippen molar-refractivity contribution in [2.24, 2.45) is 0 Å². The fourth-order valence-electron chi connectivity index (χ4n) is 1.95. The van der Waals surface area contributed by atoms with Crippen molar-refractivity contribution in [3.8, 4) is 0 Å². The summed E-state index contributed by atoms with van der Waals surface area (Å²) in [6, 6.07) is 5.20. The van der Waals surface area contributed by atoms with Gasteiger partial charge >= 0.3 is 0 Å². The van der Waals surface area contributed by atoms with Gasteiger partial charge in [0, 0.05) is 26.2 Å². The molecule has 0 fully saturated rings. The summed E-state index contributed by atoms with van der Waals surface area (Å²) in [5.41, 5.74) is 7.84. The average Bonchev–Trinajstić information content (AvgIpc) is 2.93. The first-order chi connectivity index (χ1) is 10.0. The van der Waals surface area contributed by atoms with E-state index in [2.05, 4.69) is 15.5 Å². The molecular formula is C14H20N6O. The van der Waals surface area contributed by atoms with Crippen molar-refractivity contribution in [2.75, 3.05) is 25.1 Å². The van der Waals surface area contributed by atoms with Crippen LogP contribution in [-0.4, -0.2) is 39.7 Å². The Bertz CT molecular complexity index is 634. The number of hydrogen-bond donors (Lipinski definition) is 2. The van der Waals surface area contributed by atoms with Crippen molar-refractivity contribution < 1.29 is 4.79 Å². The van der Waals surface area contributed by atoms with Crippen LogP contribution in [0.3, 0.4) is 0 Å². The Kier molecular flexibility index (Phi) is 4.42. The van der Waals surface area contributed by atoms with Crippen molar-refractivity contribution in [3.63, 3.8) is 0 Å². The van der Waals surface area contributed by atoms with Gasteiger partial charge in [-0.15, -0.1) is 10.2 Å². The lowest BCUT2D eigenvalue weighted by Gasteiger charge is -2.14. The van der Waals surface area contributed by atoms with E-state index in [1.54, 1.807) is 38.6 Å². The maximum atomic E-state index is 12.0. The Hall–Kier alpha value is -2.57. The Morgan fingerprint density at radius 2 is 2.19 bits per heavy atom. The molecule has 0 radical (unpaired) electrons. The molecule has 0 aliphatic heterocycles. The number of anilines is 2. The number of rotatable bonds is 5. The third kappa shape index (κ3) is 3.31. The molecule has 0 aliphatic carbocycles. The summed E-state index contributed by atoms with van der Waals surface area (Å²) in [7, 11) is 3.44. The highest BCUT2D eigenvalue weighted by Gasteiger charge is 2.11. The van der Waals surface area contributed by atoms with Crippen LogP contribution < -0.4 is 11.1 Å². The lowest BCUT2D eigenvalue weighted by molar-refractivity contribution is 0.0827. The van der Waals surface area contributed by atoms with Gasteiger partial charge in [0.05, 0.1) is 17.9 Å². The second kappa shape index (κ2) is 6.25. The molecule has 21 heavy (non-hydrogen) atoms. The quantitative estimate of drug-likeness (QED) is 0.807. The summed E-state index contributed by atoms with van der Waals surface area (Å²) < 4.78 is 1.94. The molecule has 7 heteroatoms. The van der Waals surface area contributed by atoms with Crippen LogP contribution in [0.5, 0.6) is 0 Å². The molecule has 1 amide bonds. The van der Waals surface area contributed by atoms with Crippen LogP contribution in [0.2, 0.25) is 0 Å². The molecular weight excluding hydrogens is 268 g/mol. The van der Waals surface area contributed by atoms with Crippen molar-refractivity contribution in [1.29, 1.82) is 0 Å². The van der Waals surface area contributed by atoms with Gasteiger partial charge in [-0.2, -0.15) is 0 Å². The molecule has 0 spiro atoms. The summed E-state index contributed by atoms with van der Waals surface area (Å²) in [4.78, 5) is 13.5. The van der Waals surface area contributed by atoms with Crippen molar-refractivity contribution in [3.05, 3.63) is 35.9 Å². The van der Waals surface area contributed by atoms with Gasteiger partial charge < -0.3 is 20.5 Å². The number of carbonyl (C=O) groups excluding carboxylic acids is 1. The topological polar surface area (TPSA) is 89.1 Å². The number of aromatic nitrogens is 3. The number of benzene rings is 1. The van der Waals surface area contributed by atoms with E-state index in [-0.39, 0.29) is 5.91 Å². The predicted molar refractivity (Wildman–Crippen MR) is 81.9 cm³/mol. The smallest absolute Gasteiger partial charge is 0.253 e. The van der Waals surface area contributed by atoms with E-state index in [0.29, 0.717) is 23.5 Å². The molecule has 0 unspecified atom stereocenters. The second-order valence-corrected chi connectivity index (χ2v) is 4.89. The van der Waals surface area contributed by atoms with E-state index in [1.165, 1.54) is 4.90 Å². The van der Waals surface area contributed by atoms with E-state index in [4.69, 9.17) is 5.73 Å². The lowest BCUT2D eigenvalue weighted by Crippen LogP contribution is -2.21. The lowest BCUT2D eigenvalue weighted by atomic mass is 10.1. The minimum atomic E-state index is -0.0604. The van der Waals surface area contributed by atoms with Gasteiger partial charge in [0.2, 0.25) is 0 Å². The summed E-state index contributed by atoms with van der Waals surface area (Å²) >= 11 is 0. The van der Waals surface area contributed by atoms with E-state index in [1.807, 2.05) is 11.5 Å². The van der Waals surface area contributed by atoms with Crippen LogP contribution in [0.4, 0.5) is 11.4 Å². The molecule has 0 atom stereocenters. The monoisotopic (exact) mass is 288 g/mol. The van der Waals surface area contributed by atoms with E-state index in [9.17, 15) is 4.79 Å².